The van der Waals surface area contributed by atoms with Crippen molar-refractivity contribution in [3.63, 3.8) is 0 Å². The van der Waals surface area contributed by atoms with Gasteiger partial charge in [0.15, 0.2) is 0 Å². The first kappa shape index (κ1) is 13.8. The number of halogens is 1. The zero-order chi connectivity index (χ0) is 13.0. The van der Waals surface area contributed by atoms with E-state index >= 15 is 0 Å². The van der Waals surface area contributed by atoms with E-state index in [0.717, 1.165) is 23.2 Å². The van der Waals surface area contributed by atoms with Crippen molar-refractivity contribution in [3.8, 4) is 0 Å². The molecule has 1 fully saturated rings. The van der Waals surface area contributed by atoms with Crippen LogP contribution in [0.1, 0.15) is 44.7 Å². The molecule has 3 heteroatoms. The van der Waals surface area contributed by atoms with Crippen molar-refractivity contribution in [1.29, 1.82) is 0 Å². The Kier molecular flexibility index (Phi) is 5.02. The van der Waals surface area contributed by atoms with E-state index in [2.05, 4.69) is 23.9 Å². The Labute approximate surface area is 115 Å². The molecule has 1 aromatic heterocycles. The third-order valence-corrected chi connectivity index (χ3v) is 4.44. The highest BCUT2D eigenvalue weighted by atomic mass is 35.5. The van der Waals surface area contributed by atoms with Crippen LogP contribution in [0.2, 0.25) is 5.02 Å². The average Bonchev–Trinajstić information content (AvgIpc) is 2.39. The van der Waals surface area contributed by atoms with Crippen molar-refractivity contribution in [2.45, 2.75) is 51.6 Å². The molecule has 1 saturated carbocycles. The van der Waals surface area contributed by atoms with E-state index in [9.17, 15) is 0 Å². The summed E-state index contributed by atoms with van der Waals surface area (Å²) in [5, 5.41) is 0.781. The van der Waals surface area contributed by atoms with Gasteiger partial charge in [0.2, 0.25) is 0 Å². The highest BCUT2D eigenvalue weighted by Crippen LogP contribution is 2.29. The minimum atomic E-state index is 0.716. The van der Waals surface area contributed by atoms with E-state index in [0.29, 0.717) is 6.04 Å². The van der Waals surface area contributed by atoms with Gasteiger partial charge < -0.3 is 0 Å². The molecule has 0 radical (unpaired) electrons. The second-order valence-corrected chi connectivity index (χ2v) is 5.90. The lowest BCUT2D eigenvalue weighted by molar-refractivity contribution is 0.156. The summed E-state index contributed by atoms with van der Waals surface area (Å²) in [6.45, 7) is 3.21. The fourth-order valence-electron chi connectivity index (χ4n) is 2.91. The van der Waals surface area contributed by atoms with E-state index in [1.165, 1.54) is 32.1 Å². The second kappa shape index (κ2) is 6.53. The summed E-state index contributed by atoms with van der Waals surface area (Å²) in [6.07, 6.45) is 8.56. The van der Waals surface area contributed by atoms with Gasteiger partial charge in [-0.25, -0.2) is 0 Å². The summed E-state index contributed by atoms with van der Waals surface area (Å²) >= 11 is 5.99. The van der Waals surface area contributed by atoms with Gasteiger partial charge in [-0.05, 0) is 50.8 Å². The van der Waals surface area contributed by atoms with Crippen LogP contribution in [0.4, 0.5) is 0 Å². The maximum absolute atomic E-state index is 5.99. The predicted octanol–water partition coefficient (Wildman–Crippen LogP) is 4.14. The number of pyridine rings is 1. The van der Waals surface area contributed by atoms with E-state index in [1.54, 1.807) is 6.20 Å². The molecule has 1 aliphatic carbocycles. The Balaban J connectivity index is 1.87. The van der Waals surface area contributed by atoms with Gasteiger partial charge in [-0.15, -0.1) is 0 Å². The van der Waals surface area contributed by atoms with E-state index in [1.807, 2.05) is 12.1 Å². The van der Waals surface area contributed by atoms with Crippen LogP contribution < -0.4 is 0 Å². The Bertz CT molecular complexity index is 373. The van der Waals surface area contributed by atoms with E-state index in [-0.39, 0.29) is 0 Å². The van der Waals surface area contributed by atoms with Crippen LogP contribution in [0, 0.1) is 5.92 Å². The number of hydrogen-bond acceptors (Lipinski definition) is 2. The zero-order valence-electron chi connectivity index (χ0n) is 11.4. The second-order valence-electron chi connectivity index (χ2n) is 5.46. The summed E-state index contributed by atoms with van der Waals surface area (Å²) in [5.41, 5.74) is 1.07. The van der Waals surface area contributed by atoms with Gasteiger partial charge in [-0.1, -0.05) is 24.9 Å². The lowest BCUT2D eigenvalue weighted by Crippen LogP contribution is -2.34. The van der Waals surface area contributed by atoms with Gasteiger partial charge in [-0.3, -0.25) is 9.88 Å². The zero-order valence-corrected chi connectivity index (χ0v) is 12.2. The highest BCUT2D eigenvalue weighted by molar-refractivity contribution is 6.30. The Morgan fingerprint density at radius 2 is 2.06 bits per heavy atom. The minimum Gasteiger partial charge on any atom is -0.298 e. The van der Waals surface area contributed by atoms with E-state index < -0.39 is 0 Å². The maximum Gasteiger partial charge on any atom is 0.0558 e. The van der Waals surface area contributed by atoms with Crippen LogP contribution in [0.25, 0.3) is 0 Å². The highest BCUT2D eigenvalue weighted by Gasteiger charge is 2.23. The van der Waals surface area contributed by atoms with E-state index in [4.69, 9.17) is 11.6 Å². The monoisotopic (exact) mass is 266 g/mol. The van der Waals surface area contributed by atoms with Crippen molar-refractivity contribution in [2.24, 2.45) is 5.92 Å². The lowest BCUT2D eigenvalue weighted by atomic mass is 9.84. The molecule has 1 heterocycles. The number of hydrogen-bond donors (Lipinski definition) is 0. The molecule has 1 aliphatic rings. The Morgan fingerprint density at radius 1 is 1.33 bits per heavy atom. The molecule has 2 rings (SSSR count). The molecule has 0 amide bonds. The Hall–Kier alpha value is -0.600. The molecule has 18 heavy (non-hydrogen) atoms. The average molecular weight is 267 g/mol. The summed E-state index contributed by atoms with van der Waals surface area (Å²) in [5.74, 6) is 0.957. The third-order valence-electron chi connectivity index (χ3n) is 4.21. The summed E-state index contributed by atoms with van der Waals surface area (Å²) in [7, 11) is 2.21. The molecule has 1 aromatic rings. The molecular weight excluding hydrogens is 244 g/mol. The smallest absolute Gasteiger partial charge is 0.0558 e. The summed E-state index contributed by atoms with van der Waals surface area (Å²) in [4.78, 5) is 6.81. The predicted molar refractivity (Wildman–Crippen MR) is 76.8 cm³/mol. The van der Waals surface area contributed by atoms with Gasteiger partial charge in [-0.2, -0.15) is 0 Å². The van der Waals surface area contributed by atoms with Crippen LogP contribution in [-0.2, 0) is 6.54 Å². The largest absolute Gasteiger partial charge is 0.298 e. The lowest BCUT2D eigenvalue weighted by Gasteiger charge is -2.34. The molecule has 0 saturated heterocycles. The molecule has 0 atom stereocenters. The molecule has 0 aromatic carbocycles. The van der Waals surface area contributed by atoms with Gasteiger partial charge in [0, 0.05) is 23.8 Å². The molecule has 100 valence electrons. The first-order valence-corrected chi connectivity index (χ1v) is 7.37. The van der Waals surface area contributed by atoms with Crippen molar-refractivity contribution in [2.75, 3.05) is 7.05 Å². The summed E-state index contributed by atoms with van der Waals surface area (Å²) in [6, 6.07) is 4.52. The topological polar surface area (TPSA) is 16.1 Å². The van der Waals surface area contributed by atoms with Crippen LogP contribution in [0.15, 0.2) is 18.3 Å². The normalized spacial score (nSPS) is 24.4. The van der Waals surface area contributed by atoms with Gasteiger partial charge in [0.1, 0.15) is 0 Å². The number of nitrogens with zero attached hydrogens (tertiary/aromatic N) is 2. The fourth-order valence-corrected chi connectivity index (χ4v) is 3.10. The fraction of sp³-hybridized carbons (Fsp3) is 0.667. The maximum atomic E-state index is 5.99. The molecule has 0 spiro atoms. The van der Waals surface area contributed by atoms with Crippen LogP contribution in [0.3, 0.4) is 0 Å². The van der Waals surface area contributed by atoms with Gasteiger partial charge >= 0.3 is 0 Å². The molecule has 0 bridgehead atoms. The SMILES string of the molecule is CCC1CCC(N(C)Cc2cc(Cl)ccn2)CC1. The standard InChI is InChI=1S/C15H23ClN2/c1-3-12-4-6-15(7-5-12)18(2)11-14-10-13(16)8-9-17-14/h8-10,12,15H,3-7,11H2,1-2H3. The number of aromatic nitrogens is 1. The summed E-state index contributed by atoms with van der Waals surface area (Å²) < 4.78 is 0. The van der Waals surface area contributed by atoms with Crippen LogP contribution >= 0.6 is 11.6 Å². The molecule has 0 unspecified atom stereocenters. The first-order chi connectivity index (χ1) is 8.69. The van der Waals surface area contributed by atoms with Crippen molar-refractivity contribution in [1.82, 2.24) is 9.88 Å². The molecular formula is C15H23ClN2. The minimum absolute atomic E-state index is 0.716. The van der Waals surface area contributed by atoms with Crippen LogP contribution in [0.5, 0.6) is 0 Å². The molecule has 0 aliphatic heterocycles. The number of rotatable bonds is 4. The quantitative estimate of drug-likeness (QED) is 0.814. The van der Waals surface area contributed by atoms with Crippen molar-refractivity contribution in [3.05, 3.63) is 29.0 Å². The van der Waals surface area contributed by atoms with Crippen molar-refractivity contribution >= 4 is 11.6 Å². The third kappa shape index (κ3) is 3.69. The van der Waals surface area contributed by atoms with Gasteiger partial charge in [0.25, 0.3) is 0 Å². The van der Waals surface area contributed by atoms with Crippen LogP contribution in [-0.4, -0.2) is 23.0 Å². The Morgan fingerprint density at radius 3 is 2.67 bits per heavy atom. The van der Waals surface area contributed by atoms with Crippen molar-refractivity contribution < 1.29 is 0 Å². The van der Waals surface area contributed by atoms with Gasteiger partial charge in [0.05, 0.1) is 5.69 Å². The molecule has 0 N–H and O–H groups in total. The molecule has 2 nitrogen and oxygen atoms in total. The first-order valence-electron chi connectivity index (χ1n) is 6.99.